The quantitative estimate of drug-likeness (QED) is 0.774. The van der Waals surface area contributed by atoms with Crippen LogP contribution in [0.2, 0.25) is 0 Å². The van der Waals surface area contributed by atoms with Crippen LogP contribution in [-0.2, 0) is 15.6 Å². The number of amides is 1. The lowest BCUT2D eigenvalue weighted by molar-refractivity contribution is -0.133. The molecule has 1 fully saturated rings. The topological polar surface area (TPSA) is 46.6 Å². The number of benzene rings is 1. The minimum absolute atomic E-state index is 0.100. The lowest BCUT2D eigenvalue weighted by Crippen LogP contribution is -2.44. The fraction of sp³-hybridized carbons (Fsp3) is 0.500. The summed E-state index contributed by atoms with van der Waals surface area (Å²) in [6, 6.07) is 7.76. The summed E-state index contributed by atoms with van der Waals surface area (Å²) in [5.74, 6) is 2.10. The van der Waals surface area contributed by atoms with E-state index in [0.717, 1.165) is 17.7 Å². The van der Waals surface area contributed by atoms with Crippen molar-refractivity contribution in [3.63, 3.8) is 0 Å². The molecular weight excluding hydrogens is 262 g/mol. The number of hydrogen-bond donors (Lipinski definition) is 0. The van der Waals surface area contributed by atoms with Crippen molar-refractivity contribution >= 4 is 16.7 Å². The average Bonchev–Trinajstić information content (AvgIpc) is 2.47. The van der Waals surface area contributed by atoms with Gasteiger partial charge in [-0.05, 0) is 12.5 Å². The Morgan fingerprint density at radius 1 is 1.26 bits per heavy atom. The highest BCUT2D eigenvalue weighted by atomic mass is 32.2. The smallest absolute Gasteiger partial charge is 0.230 e. The molecule has 1 aromatic rings. The predicted octanol–water partition coefficient (Wildman–Crippen LogP) is 1.14. The zero-order valence-corrected chi connectivity index (χ0v) is 11.5. The molecule has 1 aromatic carbocycles. The summed E-state index contributed by atoms with van der Waals surface area (Å²) >= 11 is 0. The zero-order chi connectivity index (χ0) is 13.2. The van der Waals surface area contributed by atoms with E-state index >= 15 is 0 Å². The van der Waals surface area contributed by atoms with E-state index in [9.17, 15) is 9.00 Å². The van der Waals surface area contributed by atoms with Gasteiger partial charge >= 0.3 is 0 Å². The minimum Gasteiger partial charge on any atom is -0.493 e. The largest absolute Gasteiger partial charge is 0.493 e. The van der Waals surface area contributed by atoms with Crippen LogP contribution in [-0.4, -0.2) is 46.2 Å². The van der Waals surface area contributed by atoms with Crippen molar-refractivity contribution in [3.8, 4) is 5.75 Å². The van der Waals surface area contributed by atoms with E-state index in [-0.39, 0.29) is 11.8 Å². The van der Waals surface area contributed by atoms with Gasteiger partial charge in [-0.3, -0.25) is 9.00 Å². The molecule has 1 amide bonds. The van der Waals surface area contributed by atoms with Gasteiger partial charge in [0.2, 0.25) is 5.91 Å². The molecule has 3 rings (SSSR count). The number of ether oxygens (including phenoxy) is 1. The van der Waals surface area contributed by atoms with E-state index in [4.69, 9.17) is 4.74 Å². The summed E-state index contributed by atoms with van der Waals surface area (Å²) in [6.45, 7) is 1.82. The second-order valence-electron chi connectivity index (χ2n) is 4.90. The minimum atomic E-state index is -0.746. The summed E-state index contributed by atoms with van der Waals surface area (Å²) in [6.07, 6.45) is 0.732. The van der Waals surface area contributed by atoms with Gasteiger partial charge in [0.25, 0.3) is 0 Å². The molecule has 2 aliphatic heterocycles. The fourth-order valence-corrected chi connectivity index (χ4v) is 3.73. The van der Waals surface area contributed by atoms with Crippen LogP contribution < -0.4 is 4.74 Å². The van der Waals surface area contributed by atoms with Crippen LogP contribution in [0.15, 0.2) is 24.3 Å². The van der Waals surface area contributed by atoms with E-state index in [2.05, 4.69) is 0 Å². The highest BCUT2D eigenvalue weighted by Gasteiger charge is 2.32. The third-order valence-corrected chi connectivity index (χ3v) is 5.02. The number of rotatable bonds is 1. The van der Waals surface area contributed by atoms with Crippen LogP contribution in [0.5, 0.6) is 5.75 Å². The van der Waals surface area contributed by atoms with Crippen LogP contribution in [0.25, 0.3) is 0 Å². The summed E-state index contributed by atoms with van der Waals surface area (Å²) < 4.78 is 16.9. The third kappa shape index (κ3) is 2.52. The van der Waals surface area contributed by atoms with Crippen molar-refractivity contribution in [2.75, 3.05) is 31.2 Å². The number of para-hydroxylation sites is 1. The number of fused-ring (bicyclic) bond motifs is 1. The van der Waals surface area contributed by atoms with E-state index in [1.165, 1.54) is 0 Å². The maximum atomic E-state index is 12.6. The second kappa shape index (κ2) is 5.33. The number of carbonyl (C=O) groups excluding carboxylic acids is 1. The first-order valence-electron chi connectivity index (χ1n) is 6.61. The molecule has 1 saturated heterocycles. The molecule has 4 nitrogen and oxygen atoms in total. The first kappa shape index (κ1) is 12.7. The van der Waals surface area contributed by atoms with Crippen LogP contribution >= 0.6 is 0 Å². The van der Waals surface area contributed by atoms with Crippen molar-refractivity contribution in [1.82, 2.24) is 4.90 Å². The Hall–Kier alpha value is -1.36. The van der Waals surface area contributed by atoms with Gasteiger partial charge in [-0.25, -0.2) is 0 Å². The first-order chi connectivity index (χ1) is 9.25. The lowest BCUT2D eigenvalue weighted by atomic mass is 9.92. The molecule has 0 aromatic heterocycles. The van der Waals surface area contributed by atoms with Gasteiger partial charge in [-0.2, -0.15) is 0 Å². The van der Waals surface area contributed by atoms with Gasteiger partial charge in [0.15, 0.2) is 0 Å². The molecule has 1 atom stereocenters. The lowest BCUT2D eigenvalue weighted by Gasteiger charge is -2.32. The number of nitrogens with zero attached hydrogens (tertiary/aromatic N) is 1. The summed E-state index contributed by atoms with van der Waals surface area (Å²) in [4.78, 5) is 14.4. The third-order valence-electron chi connectivity index (χ3n) is 3.75. The standard InChI is InChI=1S/C14H17NO3S/c16-14(15-6-9-19(17)10-7-15)12-5-8-18-13-4-2-1-3-11(12)13/h1-4,12H,5-10H2. The molecule has 1 unspecified atom stereocenters. The average molecular weight is 279 g/mol. The maximum absolute atomic E-state index is 12.6. The predicted molar refractivity (Wildman–Crippen MR) is 73.8 cm³/mol. The fourth-order valence-electron chi connectivity index (χ4n) is 2.68. The second-order valence-corrected chi connectivity index (χ2v) is 6.60. The molecule has 0 aliphatic carbocycles. The number of hydrogen-bond acceptors (Lipinski definition) is 3. The molecule has 102 valence electrons. The van der Waals surface area contributed by atoms with Crippen molar-refractivity contribution in [2.45, 2.75) is 12.3 Å². The van der Waals surface area contributed by atoms with Crippen molar-refractivity contribution < 1.29 is 13.7 Å². The normalized spacial score (nSPS) is 23.6. The van der Waals surface area contributed by atoms with Crippen molar-refractivity contribution in [3.05, 3.63) is 29.8 Å². The molecule has 0 saturated carbocycles. The van der Waals surface area contributed by atoms with Crippen LogP contribution in [0.1, 0.15) is 17.9 Å². The molecular formula is C14H17NO3S. The molecule has 0 radical (unpaired) electrons. The molecule has 0 spiro atoms. The van der Waals surface area contributed by atoms with Crippen LogP contribution in [0.3, 0.4) is 0 Å². The molecule has 5 heteroatoms. The zero-order valence-electron chi connectivity index (χ0n) is 10.7. The Bertz CT molecular complexity index is 507. The molecule has 2 heterocycles. The summed E-state index contributed by atoms with van der Waals surface area (Å²) in [5.41, 5.74) is 0.991. The molecule has 2 aliphatic rings. The SMILES string of the molecule is O=C(C1CCOc2ccccc21)N1CCS(=O)CC1. The van der Waals surface area contributed by atoms with Gasteiger partial charge in [0.05, 0.1) is 12.5 Å². The molecule has 0 bridgehead atoms. The Morgan fingerprint density at radius 3 is 2.79 bits per heavy atom. The van der Waals surface area contributed by atoms with Crippen LogP contribution in [0, 0.1) is 0 Å². The summed E-state index contributed by atoms with van der Waals surface area (Å²) in [7, 11) is -0.746. The van der Waals surface area contributed by atoms with E-state index in [0.29, 0.717) is 31.2 Å². The Labute approximate surface area is 115 Å². The highest BCUT2D eigenvalue weighted by Crippen LogP contribution is 2.34. The van der Waals surface area contributed by atoms with Gasteiger partial charge in [-0.1, -0.05) is 18.2 Å². The Balaban J connectivity index is 1.79. The van der Waals surface area contributed by atoms with Crippen molar-refractivity contribution in [2.24, 2.45) is 0 Å². The van der Waals surface area contributed by atoms with Crippen LogP contribution in [0.4, 0.5) is 0 Å². The van der Waals surface area contributed by atoms with E-state index in [1.807, 2.05) is 29.2 Å². The molecule has 19 heavy (non-hydrogen) atoms. The van der Waals surface area contributed by atoms with Gasteiger partial charge in [0.1, 0.15) is 5.75 Å². The highest BCUT2D eigenvalue weighted by molar-refractivity contribution is 7.85. The van der Waals surface area contributed by atoms with Crippen molar-refractivity contribution in [1.29, 1.82) is 0 Å². The van der Waals surface area contributed by atoms with E-state index < -0.39 is 10.8 Å². The van der Waals surface area contributed by atoms with Gasteiger partial charge in [-0.15, -0.1) is 0 Å². The summed E-state index contributed by atoms with van der Waals surface area (Å²) in [5, 5.41) is 0. The first-order valence-corrected chi connectivity index (χ1v) is 8.10. The van der Waals surface area contributed by atoms with Gasteiger partial charge < -0.3 is 9.64 Å². The Morgan fingerprint density at radius 2 is 2.00 bits per heavy atom. The Kier molecular flexibility index (Phi) is 3.55. The maximum Gasteiger partial charge on any atom is 0.230 e. The monoisotopic (exact) mass is 279 g/mol. The number of carbonyl (C=O) groups is 1. The molecule has 0 N–H and O–H groups in total. The van der Waals surface area contributed by atoms with E-state index in [1.54, 1.807) is 0 Å². The van der Waals surface area contributed by atoms with Gasteiger partial charge in [0, 0.05) is 41.0 Å².